The van der Waals surface area contributed by atoms with Crippen molar-refractivity contribution < 1.29 is 64.4 Å². The molecule has 4 N–H and O–H groups in total. The van der Waals surface area contributed by atoms with Crippen LogP contribution in [0.15, 0.2) is 158 Å². The van der Waals surface area contributed by atoms with Gasteiger partial charge in [0.25, 0.3) is 11.8 Å². The van der Waals surface area contributed by atoms with Crippen LogP contribution in [-0.2, 0) is 30.2 Å². The van der Waals surface area contributed by atoms with Crippen molar-refractivity contribution in [1.29, 1.82) is 0 Å². The molecule has 2 aliphatic rings. The van der Waals surface area contributed by atoms with Gasteiger partial charge in [-0.25, -0.2) is 34.1 Å². The van der Waals surface area contributed by atoms with Gasteiger partial charge in [-0.3, -0.25) is 9.59 Å². The molecule has 1 saturated carbocycles. The lowest BCUT2D eigenvalue weighted by Gasteiger charge is -2.34. The molecule has 1 atom stereocenters. The summed E-state index contributed by atoms with van der Waals surface area (Å²) in [6.45, 7) is 7.40. The number of halogens is 6. The summed E-state index contributed by atoms with van der Waals surface area (Å²) in [7, 11) is 3.24. The molecule has 0 spiro atoms. The first kappa shape index (κ1) is 67.4. The third-order valence-corrected chi connectivity index (χ3v) is 15.9. The maximum Gasteiger partial charge on any atom is 0.416 e. The standard InChI is InChI=1S/C37H38F3N7O5.C33H31F3N6O3/c1-36(2,3)52-35(49)46-19-5-6-26(22-46)43-32-31-29(16-18-42-33(31)47(45-32)21-23-7-11-27(50-4)12-8-23)51-28-13-9-24(10-14-28)34(48)44-30-20-25(15-17-41-30)37(38,39)40;1-44-25-11-7-21(8-12-25)20-42-31-29(30(41-42)39-24-5-3-2-4-6-24)27(16-18-38-31)45-26-13-9-22(10-14-26)32(43)40-28-19-23(15-17-37-28)33(34,35)36/h7-18,20,26H,5-6,19,21-22H2,1-4H3,(H,43,45)(H,41,44,48);7-19,24H,2-6,20H2,1H3,(H,39,41)(H,37,40,43)/t26-;/m1./s1. The average Bonchev–Trinajstić information content (AvgIpc) is 1.64. The Kier molecular flexibility index (Phi) is 20.4. The highest BCUT2D eigenvalue weighted by Crippen LogP contribution is 2.39. The van der Waals surface area contributed by atoms with Crippen molar-refractivity contribution in [2.24, 2.45) is 0 Å². The van der Waals surface area contributed by atoms with Crippen LogP contribution < -0.4 is 40.2 Å². The first-order valence-electron chi connectivity index (χ1n) is 31.3. The normalized spacial score (nSPS) is 14.4. The Bertz CT molecular complexity index is 4390. The fourth-order valence-electron chi connectivity index (χ4n) is 11.1. The van der Waals surface area contributed by atoms with Gasteiger partial charge in [0, 0.05) is 73.2 Å². The van der Waals surface area contributed by atoms with Crippen LogP contribution in [0.1, 0.15) is 109 Å². The number of rotatable bonds is 18. The first-order chi connectivity index (χ1) is 46.5. The van der Waals surface area contributed by atoms with E-state index in [1.165, 1.54) is 30.7 Å². The lowest BCUT2D eigenvalue weighted by Crippen LogP contribution is -2.47. The van der Waals surface area contributed by atoms with E-state index in [4.69, 9.17) is 33.9 Å². The summed E-state index contributed by atoms with van der Waals surface area (Å²) in [4.78, 5) is 57.1. The number of nitrogens with one attached hydrogen (secondary N) is 4. The highest BCUT2D eigenvalue weighted by atomic mass is 19.4. The number of amides is 3. The van der Waals surface area contributed by atoms with Gasteiger partial charge < -0.3 is 49.9 Å². The van der Waals surface area contributed by atoms with Gasteiger partial charge in [0.05, 0.1) is 38.4 Å². The van der Waals surface area contributed by atoms with E-state index in [-0.39, 0.29) is 34.9 Å². The highest BCUT2D eigenvalue weighted by molar-refractivity contribution is 6.04. The zero-order chi connectivity index (χ0) is 68.4. The van der Waals surface area contributed by atoms with Gasteiger partial charge in [-0.1, -0.05) is 43.5 Å². The van der Waals surface area contributed by atoms with Gasteiger partial charge in [0.15, 0.2) is 22.9 Å². The van der Waals surface area contributed by atoms with Crippen molar-refractivity contribution >= 4 is 63.2 Å². The van der Waals surface area contributed by atoms with Crippen LogP contribution in [0, 0.1) is 0 Å². The molecule has 12 rings (SSSR count). The second-order valence-electron chi connectivity index (χ2n) is 24.1. The minimum Gasteiger partial charge on any atom is -0.497 e. The van der Waals surface area contributed by atoms with Crippen LogP contribution >= 0.6 is 0 Å². The Hall–Kier alpha value is -11.0. The van der Waals surface area contributed by atoms with Crippen LogP contribution in [0.4, 0.5) is 54.4 Å². The van der Waals surface area contributed by atoms with Gasteiger partial charge in [0.2, 0.25) is 0 Å². The van der Waals surface area contributed by atoms with Crippen LogP contribution in [0.5, 0.6) is 34.5 Å². The molecule has 6 aromatic heterocycles. The van der Waals surface area contributed by atoms with Gasteiger partial charge in [-0.05, 0) is 155 Å². The van der Waals surface area contributed by atoms with E-state index in [9.17, 15) is 40.7 Å². The molecule has 27 heteroatoms. The molecule has 2 fully saturated rings. The molecule has 1 saturated heterocycles. The quantitative estimate of drug-likeness (QED) is 0.0585. The van der Waals surface area contributed by atoms with E-state index in [0.29, 0.717) is 83.5 Å². The second-order valence-corrected chi connectivity index (χ2v) is 24.1. The molecule has 10 aromatic rings. The number of likely N-dealkylation sites (tertiary alicyclic amines) is 1. The number of nitrogens with zero attached hydrogens (tertiary/aromatic N) is 9. The molecule has 1 aliphatic heterocycles. The van der Waals surface area contributed by atoms with Crippen LogP contribution in [0.25, 0.3) is 22.1 Å². The SMILES string of the molecule is COc1ccc(Cn2nc(NC3CCCCC3)c3c(Oc4ccc(C(=O)Nc5cc(C(F)(F)F)ccn5)cc4)ccnc32)cc1.COc1ccc(Cn2nc(N[C@@H]3CCCN(C(=O)OC(C)(C)C)C3)c3c(Oc4ccc(C(=O)Nc5cc(C(F)(F)F)ccn5)cc4)ccnc32)cc1. The number of benzene rings is 4. The molecule has 504 valence electrons. The zero-order valence-electron chi connectivity index (χ0n) is 53.5. The van der Waals surface area contributed by atoms with E-state index in [2.05, 4.69) is 41.2 Å². The fraction of sp³-hybridized carbons (Fsp3) is 0.300. The molecular weight excluding hydrogens is 1260 g/mol. The molecule has 4 aromatic carbocycles. The summed E-state index contributed by atoms with van der Waals surface area (Å²) in [5.74, 6) is 2.90. The largest absolute Gasteiger partial charge is 0.497 e. The summed E-state index contributed by atoms with van der Waals surface area (Å²) >= 11 is 0. The molecular formula is C70H69F6N13O8. The molecule has 21 nitrogen and oxygen atoms in total. The third kappa shape index (κ3) is 17.3. The van der Waals surface area contributed by atoms with Crippen LogP contribution in [0.3, 0.4) is 0 Å². The van der Waals surface area contributed by atoms with Crippen LogP contribution in [-0.4, -0.2) is 107 Å². The van der Waals surface area contributed by atoms with Crippen molar-refractivity contribution in [1.82, 2.24) is 44.4 Å². The number of methoxy groups -OCH3 is 2. The molecule has 0 radical (unpaired) electrons. The molecule has 97 heavy (non-hydrogen) atoms. The predicted octanol–water partition coefficient (Wildman–Crippen LogP) is 15.4. The Morgan fingerprint density at radius 3 is 1.34 bits per heavy atom. The van der Waals surface area contributed by atoms with Gasteiger partial charge in [-0.15, -0.1) is 0 Å². The van der Waals surface area contributed by atoms with Crippen molar-refractivity contribution in [3.05, 3.63) is 192 Å². The number of alkyl halides is 6. The summed E-state index contributed by atoms with van der Waals surface area (Å²) < 4.78 is 111. The van der Waals surface area contributed by atoms with Crippen molar-refractivity contribution in [2.75, 3.05) is 48.6 Å². The predicted molar refractivity (Wildman–Crippen MR) is 352 cm³/mol. The zero-order valence-corrected chi connectivity index (χ0v) is 53.5. The molecule has 3 amide bonds. The first-order valence-corrected chi connectivity index (χ1v) is 31.3. The number of carbonyl (C=O) groups is 3. The van der Waals surface area contributed by atoms with E-state index < -0.39 is 40.9 Å². The van der Waals surface area contributed by atoms with E-state index >= 15 is 0 Å². The number of aromatic nitrogens is 8. The number of hydrogen-bond acceptors (Lipinski definition) is 16. The fourth-order valence-corrected chi connectivity index (χ4v) is 11.1. The second kappa shape index (κ2) is 29.3. The topological polar surface area (TPSA) is 236 Å². The summed E-state index contributed by atoms with van der Waals surface area (Å²) in [5, 5.41) is 23.2. The van der Waals surface area contributed by atoms with E-state index in [0.717, 1.165) is 103 Å². The number of pyridine rings is 4. The summed E-state index contributed by atoms with van der Waals surface area (Å²) in [6.07, 6.45) is 3.01. The molecule has 1 aliphatic carbocycles. The van der Waals surface area contributed by atoms with Crippen molar-refractivity contribution in [2.45, 2.75) is 109 Å². The smallest absolute Gasteiger partial charge is 0.416 e. The Morgan fingerprint density at radius 2 is 0.918 bits per heavy atom. The Labute approximate surface area is 553 Å². The van der Waals surface area contributed by atoms with Crippen molar-refractivity contribution in [3.8, 4) is 34.5 Å². The Balaban J connectivity index is 0.000000199. The number of ether oxygens (including phenoxy) is 5. The van der Waals surface area contributed by atoms with Crippen LogP contribution in [0.2, 0.25) is 0 Å². The molecule has 7 heterocycles. The lowest BCUT2D eigenvalue weighted by atomic mass is 9.95. The maximum atomic E-state index is 13.1. The Morgan fingerprint density at radius 1 is 0.505 bits per heavy atom. The van der Waals surface area contributed by atoms with Crippen molar-refractivity contribution in [3.63, 3.8) is 0 Å². The van der Waals surface area contributed by atoms with Gasteiger partial charge >= 0.3 is 18.4 Å². The number of fused-ring (bicyclic) bond motifs is 2. The third-order valence-electron chi connectivity index (χ3n) is 15.9. The maximum absolute atomic E-state index is 13.1. The monoisotopic (exact) mass is 1330 g/mol. The lowest BCUT2D eigenvalue weighted by molar-refractivity contribution is -0.138. The van der Waals surface area contributed by atoms with E-state index in [1.54, 1.807) is 72.6 Å². The van der Waals surface area contributed by atoms with E-state index in [1.807, 2.05) is 74.0 Å². The number of carbonyl (C=O) groups excluding carboxylic acids is 3. The summed E-state index contributed by atoms with van der Waals surface area (Å²) in [6, 6.07) is 34.8. The minimum atomic E-state index is -4.57. The highest BCUT2D eigenvalue weighted by Gasteiger charge is 2.33. The minimum absolute atomic E-state index is 0.133. The average molecular weight is 1330 g/mol. The number of piperidine rings is 1. The molecule has 0 bridgehead atoms. The number of hydrogen-bond donors (Lipinski definition) is 4. The van der Waals surface area contributed by atoms with Gasteiger partial charge in [-0.2, -0.15) is 36.5 Å². The molecule has 0 unspecified atom stereocenters. The summed E-state index contributed by atoms with van der Waals surface area (Å²) in [5.41, 5.74) is 1.19. The van der Waals surface area contributed by atoms with Gasteiger partial charge in [0.1, 0.15) is 62.5 Å². The number of anilines is 4.